The summed E-state index contributed by atoms with van der Waals surface area (Å²) < 4.78 is 77.8. The van der Waals surface area contributed by atoms with Gasteiger partial charge in [0.05, 0.1) is 22.9 Å². The first-order valence-electron chi connectivity index (χ1n) is 9.94. The number of alkyl halides is 3. The molecule has 6 nitrogen and oxygen atoms in total. The average molecular weight is 511 g/mol. The van der Waals surface area contributed by atoms with E-state index in [1.807, 2.05) is 0 Å². The summed E-state index contributed by atoms with van der Waals surface area (Å²) in [6.45, 7) is -0.226. The van der Waals surface area contributed by atoms with E-state index in [0.717, 1.165) is 12.1 Å². The summed E-state index contributed by atoms with van der Waals surface area (Å²) in [4.78, 5) is 25.7. The van der Waals surface area contributed by atoms with Gasteiger partial charge in [0.2, 0.25) is 6.79 Å². The van der Waals surface area contributed by atoms with Crippen molar-refractivity contribution < 1.29 is 41.0 Å². The predicted octanol–water partition coefficient (Wildman–Crippen LogP) is 5.45. The van der Waals surface area contributed by atoms with E-state index in [1.54, 1.807) is 0 Å². The molecule has 2 N–H and O–H groups in total. The minimum atomic E-state index is -4.88. The lowest BCUT2D eigenvalue weighted by atomic mass is 9.95. The van der Waals surface area contributed by atoms with E-state index in [-0.39, 0.29) is 51.8 Å². The first-order valence-corrected chi connectivity index (χ1v) is 10.3. The standard InChI is InChI=1S/C23H12ClF5N2O4/c24-14-2-1-11(25)6-13(14)19-17-15(7-16-20(35-8-34-16)18(17)22(33)31-19)30-21(32)9-3-10(23(27,28)29)5-12(26)4-9/h1-7,19H,8H2,(H,30,32)(H,31,33). The predicted molar refractivity (Wildman–Crippen MR) is 113 cm³/mol. The number of halogens is 6. The molecule has 1 atom stereocenters. The molecule has 2 aliphatic heterocycles. The number of hydrogen-bond donors (Lipinski definition) is 2. The fraction of sp³-hybridized carbons (Fsp3) is 0.130. The molecule has 5 rings (SSSR count). The first-order chi connectivity index (χ1) is 16.5. The van der Waals surface area contributed by atoms with E-state index in [4.69, 9.17) is 21.1 Å². The van der Waals surface area contributed by atoms with Crippen LogP contribution in [0.4, 0.5) is 27.6 Å². The van der Waals surface area contributed by atoms with Crippen LogP contribution in [0.2, 0.25) is 5.02 Å². The monoisotopic (exact) mass is 510 g/mol. The van der Waals surface area contributed by atoms with Gasteiger partial charge in [-0.2, -0.15) is 13.2 Å². The van der Waals surface area contributed by atoms with Crippen molar-refractivity contribution in [3.05, 3.63) is 86.9 Å². The van der Waals surface area contributed by atoms with E-state index in [9.17, 15) is 31.5 Å². The largest absolute Gasteiger partial charge is 0.453 e. The highest BCUT2D eigenvalue weighted by molar-refractivity contribution is 6.31. The van der Waals surface area contributed by atoms with Crippen LogP contribution in [0.25, 0.3) is 0 Å². The molecule has 2 aliphatic rings. The molecule has 2 amide bonds. The van der Waals surface area contributed by atoms with E-state index in [1.165, 1.54) is 12.1 Å². The third kappa shape index (κ3) is 4.01. The second kappa shape index (κ2) is 8.12. The van der Waals surface area contributed by atoms with Crippen LogP contribution in [-0.4, -0.2) is 18.6 Å². The van der Waals surface area contributed by atoms with Crippen LogP contribution in [0.1, 0.15) is 43.4 Å². The molecule has 0 saturated carbocycles. The number of anilines is 1. The van der Waals surface area contributed by atoms with Crippen LogP contribution in [0.15, 0.2) is 42.5 Å². The number of fused-ring (bicyclic) bond motifs is 3. The van der Waals surface area contributed by atoms with Crippen molar-refractivity contribution in [3.8, 4) is 11.5 Å². The SMILES string of the molecule is O=C(Nc1cc2c(c3c1C(c1cc(F)ccc1Cl)NC3=O)OCO2)c1cc(F)cc(C(F)(F)F)c1. The maximum atomic E-state index is 14.0. The van der Waals surface area contributed by atoms with Gasteiger partial charge in [0.15, 0.2) is 11.5 Å². The molecule has 35 heavy (non-hydrogen) atoms. The molecule has 3 aromatic carbocycles. The summed E-state index contributed by atoms with van der Waals surface area (Å²) in [5, 5.41) is 5.16. The van der Waals surface area contributed by atoms with Crippen molar-refractivity contribution in [1.29, 1.82) is 0 Å². The highest BCUT2D eigenvalue weighted by atomic mass is 35.5. The molecule has 0 aromatic heterocycles. The van der Waals surface area contributed by atoms with Gasteiger partial charge in [0.25, 0.3) is 11.8 Å². The summed E-state index contributed by atoms with van der Waals surface area (Å²) in [7, 11) is 0. The van der Waals surface area contributed by atoms with Gasteiger partial charge in [-0.1, -0.05) is 11.6 Å². The quantitative estimate of drug-likeness (QED) is 0.459. The summed E-state index contributed by atoms with van der Waals surface area (Å²) in [6.07, 6.45) is -4.88. The Balaban J connectivity index is 1.62. The number of ether oxygens (including phenoxy) is 2. The van der Waals surface area contributed by atoms with Crippen LogP contribution in [0, 0.1) is 11.6 Å². The fourth-order valence-electron chi connectivity index (χ4n) is 4.01. The molecular weight excluding hydrogens is 499 g/mol. The van der Waals surface area contributed by atoms with Gasteiger partial charge in [0, 0.05) is 27.8 Å². The zero-order chi connectivity index (χ0) is 25.1. The lowest BCUT2D eigenvalue weighted by Gasteiger charge is -2.18. The smallest absolute Gasteiger partial charge is 0.416 e. The van der Waals surface area contributed by atoms with Gasteiger partial charge in [0.1, 0.15) is 11.6 Å². The van der Waals surface area contributed by atoms with Crippen LogP contribution >= 0.6 is 11.6 Å². The molecular formula is C23H12ClF5N2O4. The Hall–Kier alpha value is -3.86. The first kappa shape index (κ1) is 22.9. The van der Waals surface area contributed by atoms with Gasteiger partial charge >= 0.3 is 6.18 Å². The molecule has 0 radical (unpaired) electrons. The zero-order valence-electron chi connectivity index (χ0n) is 17.2. The lowest BCUT2D eigenvalue weighted by molar-refractivity contribution is -0.137. The normalized spacial score (nSPS) is 16.2. The zero-order valence-corrected chi connectivity index (χ0v) is 18.0. The summed E-state index contributed by atoms with van der Waals surface area (Å²) >= 11 is 6.23. The summed E-state index contributed by atoms with van der Waals surface area (Å²) in [5.41, 5.74) is -1.72. The van der Waals surface area contributed by atoms with Crippen molar-refractivity contribution in [3.63, 3.8) is 0 Å². The highest BCUT2D eigenvalue weighted by Crippen LogP contribution is 2.49. The van der Waals surface area contributed by atoms with Crippen molar-refractivity contribution in [2.24, 2.45) is 0 Å². The average Bonchev–Trinajstić information content (AvgIpc) is 3.38. The molecule has 0 aliphatic carbocycles. The Kier molecular flexibility index (Phi) is 5.32. The van der Waals surface area contributed by atoms with Gasteiger partial charge in [-0.05, 0) is 36.4 Å². The van der Waals surface area contributed by atoms with E-state index in [2.05, 4.69) is 10.6 Å². The van der Waals surface area contributed by atoms with Gasteiger partial charge in [-0.25, -0.2) is 8.78 Å². The van der Waals surface area contributed by atoms with E-state index in [0.29, 0.717) is 12.1 Å². The highest BCUT2D eigenvalue weighted by Gasteiger charge is 2.40. The number of rotatable bonds is 3. The molecule has 1 unspecified atom stereocenters. The maximum absolute atomic E-state index is 14.0. The van der Waals surface area contributed by atoms with Crippen LogP contribution in [0.5, 0.6) is 11.5 Å². The summed E-state index contributed by atoms with van der Waals surface area (Å²) in [6, 6.07) is 5.17. The lowest BCUT2D eigenvalue weighted by Crippen LogP contribution is -2.21. The number of carbonyl (C=O) groups excluding carboxylic acids is 2. The number of amides is 2. The summed E-state index contributed by atoms with van der Waals surface area (Å²) in [5.74, 6) is -3.45. The Morgan fingerprint density at radius 2 is 1.83 bits per heavy atom. The van der Waals surface area contributed by atoms with E-state index >= 15 is 0 Å². The van der Waals surface area contributed by atoms with Gasteiger partial charge in [-0.3, -0.25) is 9.59 Å². The molecule has 0 fully saturated rings. The molecule has 0 saturated heterocycles. The van der Waals surface area contributed by atoms with E-state index < -0.39 is 46.8 Å². The Morgan fingerprint density at radius 3 is 2.57 bits per heavy atom. The third-order valence-electron chi connectivity index (χ3n) is 5.50. The molecule has 0 spiro atoms. The molecule has 3 aromatic rings. The van der Waals surface area contributed by atoms with Crippen LogP contribution < -0.4 is 20.1 Å². The molecule has 12 heteroatoms. The maximum Gasteiger partial charge on any atom is 0.416 e. The molecule has 2 heterocycles. The van der Waals surface area contributed by atoms with Crippen molar-refractivity contribution in [2.75, 3.05) is 12.1 Å². The van der Waals surface area contributed by atoms with Crippen LogP contribution in [0.3, 0.4) is 0 Å². The number of nitrogens with one attached hydrogen (secondary N) is 2. The van der Waals surface area contributed by atoms with Gasteiger partial charge < -0.3 is 20.1 Å². The Morgan fingerprint density at radius 1 is 1.06 bits per heavy atom. The minimum Gasteiger partial charge on any atom is -0.453 e. The minimum absolute atomic E-state index is 0.0177. The second-order valence-corrected chi connectivity index (χ2v) is 8.11. The second-order valence-electron chi connectivity index (χ2n) is 7.70. The van der Waals surface area contributed by atoms with Crippen LogP contribution in [-0.2, 0) is 6.18 Å². The molecule has 180 valence electrons. The number of benzene rings is 3. The number of hydrogen-bond acceptors (Lipinski definition) is 4. The Bertz CT molecular complexity index is 1410. The topological polar surface area (TPSA) is 76.7 Å². The van der Waals surface area contributed by atoms with Crippen molar-refractivity contribution in [2.45, 2.75) is 12.2 Å². The number of carbonyl (C=O) groups is 2. The third-order valence-corrected chi connectivity index (χ3v) is 5.84. The Labute approximate surface area is 198 Å². The fourth-order valence-corrected chi connectivity index (χ4v) is 4.24. The van der Waals surface area contributed by atoms with Gasteiger partial charge in [-0.15, -0.1) is 0 Å². The molecule has 0 bridgehead atoms. The van der Waals surface area contributed by atoms with Crippen molar-refractivity contribution >= 4 is 29.1 Å². The van der Waals surface area contributed by atoms with Crippen molar-refractivity contribution in [1.82, 2.24) is 5.32 Å².